The Morgan fingerprint density at radius 2 is 1.95 bits per heavy atom. The molecular formula is C13H18N2O3S. The standard InChI is InChI=1S/C13H18N2O3S/c1-4-13(14,5-2)12-15-10-8-9(19(3,16)17)6-7-11(10)18-12/h6-8H,4-5,14H2,1-3H3. The maximum absolute atomic E-state index is 11.5. The molecule has 1 aromatic carbocycles. The van der Waals surface area contributed by atoms with Crippen LogP contribution in [0.1, 0.15) is 32.6 Å². The summed E-state index contributed by atoms with van der Waals surface area (Å²) in [6.07, 6.45) is 2.57. The van der Waals surface area contributed by atoms with Crippen molar-refractivity contribution in [3.63, 3.8) is 0 Å². The number of nitrogens with two attached hydrogens (primary N) is 1. The summed E-state index contributed by atoms with van der Waals surface area (Å²) in [7, 11) is -3.24. The first-order valence-electron chi connectivity index (χ1n) is 6.20. The lowest BCUT2D eigenvalue weighted by atomic mass is 9.94. The molecule has 0 unspecified atom stereocenters. The van der Waals surface area contributed by atoms with Crippen LogP contribution >= 0.6 is 0 Å². The van der Waals surface area contributed by atoms with Gasteiger partial charge in [0.05, 0.1) is 10.4 Å². The number of hydrogen-bond donors (Lipinski definition) is 1. The average molecular weight is 282 g/mol. The van der Waals surface area contributed by atoms with Crippen LogP contribution in [0.2, 0.25) is 0 Å². The second-order valence-corrected chi connectivity index (χ2v) is 6.80. The van der Waals surface area contributed by atoms with Gasteiger partial charge in [0.25, 0.3) is 0 Å². The monoisotopic (exact) mass is 282 g/mol. The fourth-order valence-electron chi connectivity index (χ4n) is 1.90. The van der Waals surface area contributed by atoms with Crippen molar-refractivity contribution in [2.45, 2.75) is 37.1 Å². The zero-order chi connectivity index (χ0) is 14.3. The Labute approximate surface area is 112 Å². The molecule has 5 nitrogen and oxygen atoms in total. The zero-order valence-electron chi connectivity index (χ0n) is 11.3. The number of oxazole rings is 1. The molecule has 0 bridgehead atoms. The molecule has 0 spiro atoms. The maximum atomic E-state index is 11.5. The van der Waals surface area contributed by atoms with Crippen LogP contribution in [-0.4, -0.2) is 19.7 Å². The Hall–Kier alpha value is -1.40. The first kappa shape index (κ1) is 14.0. The second-order valence-electron chi connectivity index (χ2n) is 4.78. The molecule has 0 aliphatic heterocycles. The fourth-order valence-corrected chi connectivity index (χ4v) is 2.54. The van der Waals surface area contributed by atoms with Gasteiger partial charge in [-0.2, -0.15) is 0 Å². The van der Waals surface area contributed by atoms with Crippen molar-refractivity contribution in [3.8, 4) is 0 Å². The van der Waals surface area contributed by atoms with E-state index in [4.69, 9.17) is 10.2 Å². The molecule has 0 atom stereocenters. The number of benzene rings is 1. The van der Waals surface area contributed by atoms with Gasteiger partial charge in [0.15, 0.2) is 15.4 Å². The van der Waals surface area contributed by atoms with Crippen LogP contribution in [0.15, 0.2) is 27.5 Å². The first-order chi connectivity index (χ1) is 8.80. The van der Waals surface area contributed by atoms with E-state index in [2.05, 4.69) is 4.98 Å². The van der Waals surface area contributed by atoms with Crippen LogP contribution in [-0.2, 0) is 15.4 Å². The molecule has 0 aliphatic carbocycles. The van der Waals surface area contributed by atoms with Crippen LogP contribution in [0.25, 0.3) is 11.1 Å². The Morgan fingerprint density at radius 3 is 2.47 bits per heavy atom. The molecule has 2 rings (SSSR count). The number of aromatic nitrogens is 1. The molecule has 0 aliphatic rings. The van der Waals surface area contributed by atoms with E-state index in [9.17, 15) is 8.42 Å². The van der Waals surface area contributed by atoms with E-state index in [-0.39, 0.29) is 4.90 Å². The third kappa shape index (κ3) is 2.50. The minimum Gasteiger partial charge on any atom is -0.439 e. The van der Waals surface area contributed by atoms with Gasteiger partial charge in [0, 0.05) is 6.26 Å². The normalized spacial score (nSPS) is 13.1. The third-order valence-corrected chi connectivity index (χ3v) is 4.59. The molecule has 1 heterocycles. The molecule has 0 saturated carbocycles. The summed E-state index contributed by atoms with van der Waals surface area (Å²) in [5.41, 5.74) is 6.70. The van der Waals surface area contributed by atoms with Crippen molar-refractivity contribution in [2.75, 3.05) is 6.26 Å². The number of hydrogen-bond acceptors (Lipinski definition) is 5. The zero-order valence-corrected chi connectivity index (χ0v) is 12.1. The lowest BCUT2D eigenvalue weighted by Gasteiger charge is -2.21. The largest absolute Gasteiger partial charge is 0.439 e. The summed E-state index contributed by atoms with van der Waals surface area (Å²) in [5.74, 6) is 0.457. The van der Waals surface area contributed by atoms with Gasteiger partial charge in [-0.25, -0.2) is 13.4 Å². The highest BCUT2D eigenvalue weighted by atomic mass is 32.2. The van der Waals surface area contributed by atoms with Crippen molar-refractivity contribution >= 4 is 20.9 Å². The molecule has 6 heteroatoms. The van der Waals surface area contributed by atoms with E-state index in [1.807, 2.05) is 13.8 Å². The highest BCUT2D eigenvalue weighted by Gasteiger charge is 2.29. The van der Waals surface area contributed by atoms with Gasteiger partial charge in [0.1, 0.15) is 5.52 Å². The van der Waals surface area contributed by atoms with Gasteiger partial charge < -0.3 is 10.2 Å². The molecule has 104 valence electrons. The second kappa shape index (κ2) is 4.61. The highest BCUT2D eigenvalue weighted by molar-refractivity contribution is 7.90. The fraction of sp³-hybridized carbons (Fsp3) is 0.462. The van der Waals surface area contributed by atoms with Gasteiger partial charge in [-0.05, 0) is 31.0 Å². The molecule has 0 saturated heterocycles. The molecule has 2 aromatic rings. The predicted molar refractivity (Wildman–Crippen MR) is 73.6 cm³/mol. The summed E-state index contributed by atoms with van der Waals surface area (Å²) in [4.78, 5) is 4.58. The molecule has 1 aromatic heterocycles. The van der Waals surface area contributed by atoms with Crippen molar-refractivity contribution in [1.82, 2.24) is 4.98 Å². The van der Waals surface area contributed by atoms with Crippen molar-refractivity contribution < 1.29 is 12.8 Å². The lowest BCUT2D eigenvalue weighted by molar-refractivity contribution is 0.318. The topological polar surface area (TPSA) is 86.2 Å². The Morgan fingerprint density at radius 1 is 1.32 bits per heavy atom. The van der Waals surface area contributed by atoms with Gasteiger partial charge in [-0.3, -0.25) is 0 Å². The van der Waals surface area contributed by atoms with Crippen molar-refractivity contribution in [3.05, 3.63) is 24.1 Å². The average Bonchev–Trinajstić information content (AvgIpc) is 2.80. The van der Waals surface area contributed by atoms with E-state index < -0.39 is 15.4 Å². The highest BCUT2D eigenvalue weighted by Crippen LogP contribution is 2.29. The number of nitrogens with zero attached hydrogens (tertiary/aromatic N) is 1. The molecule has 19 heavy (non-hydrogen) atoms. The van der Waals surface area contributed by atoms with Gasteiger partial charge in [-0.15, -0.1) is 0 Å². The molecule has 0 fully saturated rings. The Kier molecular flexibility index (Phi) is 3.40. The van der Waals surface area contributed by atoms with Gasteiger partial charge in [0.2, 0.25) is 5.89 Å². The molecule has 2 N–H and O–H groups in total. The van der Waals surface area contributed by atoms with Gasteiger partial charge >= 0.3 is 0 Å². The lowest BCUT2D eigenvalue weighted by Crippen LogP contribution is -2.35. The molecule has 0 amide bonds. The SMILES string of the molecule is CCC(N)(CC)c1nc2cc(S(C)(=O)=O)ccc2o1. The number of fused-ring (bicyclic) bond motifs is 1. The Balaban J connectivity index is 2.59. The summed E-state index contributed by atoms with van der Waals surface area (Å²) >= 11 is 0. The predicted octanol–water partition coefficient (Wildman–Crippen LogP) is 2.21. The van der Waals surface area contributed by atoms with Crippen molar-refractivity contribution in [2.24, 2.45) is 5.73 Å². The quantitative estimate of drug-likeness (QED) is 0.929. The minimum absolute atomic E-state index is 0.232. The summed E-state index contributed by atoms with van der Waals surface area (Å²) in [6, 6.07) is 4.65. The number of rotatable bonds is 4. The van der Waals surface area contributed by atoms with E-state index >= 15 is 0 Å². The van der Waals surface area contributed by atoms with E-state index in [0.717, 1.165) is 0 Å². The van der Waals surface area contributed by atoms with Crippen LogP contribution in [0.5, 0.6) is 0 Å². The van der Waals surface area contributed by atoms with Crippen molar-refractivity contribution in [1.29, 1.82) is 0 Å². The van der Waals surface area contributed by atoms with Crippen LogP contribution in [0, 0.1) is 0 Å². The van der Waals surface area contributed by atoms with E-state index in [0.29, 0.717) is 29.8 Å². The third-order valence-electron chi connectivity index (χ3n) is 3.47. The summed E-state index contributed by atoms with van der Waals surface area (Å²) in [5, 5.41) is 0. The minimum atomic E-state index is -3.24. The van der Waals surface area contributed by atoms with E-state index in [1.165, 1.54) is 18.4 Å². The smallest absolute Gasteiger partial charge is 0.215 e. The van der Waals surface area contributed by atoms with Gasteiger partial charge in [-0.1, -0.05) is 13.8 Å². The van der Waals surface area contributed by atoms with Crippen LogP contribution in [0.3, 0.4) is 0 Å². The van der Waals surface area contributed by atoms with E-state index in [1.54, 1.807) is 6.07 Å². The summed E-state index contributed by atoms with van der Waals surface area (Å²) < 4.78 is 28.7. The number of sulfone groups is 1. The van der Waals surface area contributed by atoms with Crippen LogP contribution in [0.4, 0.5) is 0 Å². The van der Waals surface area contributed by atoms with Crippen LogP contribution < -0.4 is 5.73 Å². The maximum Gasteiger partial charge on any atom is 0.215 e. The molecule has 0 radical (unpaired) electrons. The summed E-state index contributed by atoms with van der Waals surface area (Å²) in [6.45, 7) is 3.95. The first-order valence-corrected chi connectivity index (χ1v) is 8.09. The Bertz CT molecular complexity index is 700. The molecular weight excluding hydrogens is 264 g/mol.